The fraction of sp³-hybridized carbons (Fsp3) is 1.00. The summed E-state index contributed by atoms with van der Waals surface area (Å²) >= 11 is 0. The third-order valence-electron chi connectivity index (χ3n) is 3.00. The Labute approximate surface area is 57.6 Å². The van der Waals surface area contributed by atoms with Crippen LogP contribution in [0.1, 0.15) is 33.6 Å². The first kappa shape index (κ1) is 7.07. The largest absolute Gasteiger partial charge is 0.327 e. The molecule has 1 aliphatic rings. The fourth-order valence-electron chi connectivity index (χ4n) is 1.60. The molecule has 0 bridgehead atoms. The second kappa shape index (κ2) is 1.98. The van der Waals surface area contributed by atoms with Crippen LogP contribution >= 0.6 is 0 Å². The van der Waals surface area contributed by atoms with Crippen molar-refractivity contribution in [1.29, 1.82) is 0 Å². The Bertz CT molecular complexity index is 107. The van der Waals surface area contributed by atoms with E-state index in [-0.39, 0.29) is 0 Å². The van der Waals surface area contributed by atoms with Crippen molar-refractivity contribution in [2.24, 2.45) is 17.1 Å². The smallest absolute Gasteiger partial charge is 0.00698 e. The molecule has 1 nitrogen and oxygen atoms in total. The number of hydrogen-bond donors (Lipinski definition) is 1. The van der Waals surface area contributed by atoms with E-state index in [0.29, 0.717) is 17.4 Å². The molecular weight excluding hydrogens is 110 g/mol. The molecule has 2 atom stereocenters. The van der Waals surface area contributed by atoms with E-state index in [2.05, 4.69) is 20.8 Å². The topological polar surface area (TPSA) is 26.0 Å². The second-order valence-electron chi connectivity index (χ2n) is 3.98. The van der Waals surface area contributed by atoms with Crippen molar-refractivity contribution in [3.63, 3.8) is 0 Å². The van der Waals surface area contributed by atoms with E-state index in [1.54, 1.807) is 0 Å². The highest BCUT2D eigenvalue weighted by molar-refractivity contribution is 4.90. The van der Waals surface area contributed by atoms with Gasteiger partial charge in [0.1, 0.15) is 0 Å². The van der Waals surface area contributed by atoms with Gasteiger partial charge in [-0.3, -0.25) is 0 Å². The van der Waals surface area contributed by atoms with Gasteiger partial charge in [-0.15, -0.1) is 0 Å². The van der Waals surface area contributed by atoms with Crippen molar-refractivity contribution < 1.29 is 0 Å². The average Bonchev–Trinajstić information content (AvgIpc) is 1.97. The van der Waals surface area contributed by atoms with Crippen molar-refractivity contribution in [2.75, 3.05) is 0 Å². The Kier molecular flexibility index (Phi) is 1.55. The summed E-state index contributed by atoms with van der Waals surface area (Å²) in [4.78, 5) is 0. The first-order valence-electron chi connectivity index (χ1n) is 3.79. The van der Waals surface area contributed by atoms with Crippen molar-refractivity contribution in [1.82, 2.24) is 0 Å². The molecule has 0 radical (unpaired) electrons. The molecule has 0 heterocycles. The van der Waals surface area contributed by atoms with Gasteiger partial charge in [0, 0.05) is 6.04 Å². The summed E-state index contributed by atoms with van der Waals surface area (Å²) < 4.78 is 0. The van der Waals surface area contributed by atoms with Gasteiger partial charge in [-0.2, -0.15) is 0 Å². The molecule has 1 saturated carbocycles. The van der Waals surface area contributed by atoms with Gasteiger partial charge in [0.15, 0.2) is 0 Å². The molecule has 0 aromatic rings. The Morgan fingerprint density at radius 2 is 2.00 bits per heavy atom. The number of hydrogen-bond acceptors (Lipinski definition) is 1. The minimum absolute atomic E-state index is 0.458. The van der Waals surface area contributed by atoms with E-state index in [4.69, 9.17) is 5.73 Å². The maximum atomic E-state index is 5.85. The maximum absolute atomic E-state index is 5.85. The van der Waals surface area contributed by atoms with E-state index in [1.807, 2.05) is 0 Å². The molecule has 0 spiro atoms. The normalized spacial score (nSPS) is 41.3. The molecule has 0 aromatic heterocycles. The number of rotatable bonds is 0. The summed E-state index contributed by atoms with van der Waals surface area (Å²) in [7, 11) is 0. The van der Waals surface area contributed by atoms with Gasteiger partial charge >= 0.3 is 0 Å². The number of nitrogens with two attached hydrogens (primary N) is 1. The molecule has 0 saturated heterocycles. The van der Waals surface area contributed by atoms with Crippen LogP contribution in [-0.4, -0.2) is 6.04 Å². The molecule has 0 aromatic carbocycles. The first-order chi connectivity index (χ1) is 4.04. The van der Waals surface area contributed by atoms with Crippen LogP contribution in [0, 0.1) is 11.3 Å². The average molecular weight is 127 g/mol. The van der Waals surface area contributed by atoms with E-state index in [9.17, 15) is 0 Å². The molecule has 54 valence electrons. The molecular formula is C8H17N. The quantitative estimate of drug-likeness (QED) is 0.527. The van der Waals surface area contributed by atoms with Gasteiger partial charge in [-0.1, -0.05) is 20.8 Å². The highest BCUT2D eigenvalue weighted by Crippen LogP contribution is 2.41. The second-order valence-corrected chi connectivity index (χ2v) is 3.98. The lowest BCUT2D eigenvalue weighted by molar-refractivity contribution is 0.267. The lowest BCUT2D eigenvalue weighted by atomic mass is 9.82. The van der Waals surface area contributed by atoms with Gasteiger partial charge < -0.3 is 5.73 Å². The van der Waals surface area contributed by atoms with E-state index < -0.39 is 0 Å². The highest BCUT2D eigenvalue weighted by Gasteiger charge is 2.36. The van der Waals surface area contributed by atoms with Crippen molar-refractivity contribution >= 4 is 0 Å². The predicted octanol–water partition coefficient (Wildman–Crippen LogP) is 1.77. The highest BCUT2D eigenvalue weighted by atomic mass is 14.7. The Balaban J connectivity index is 2.62. The van der Waals surface area contributed by atoms with Crippen LogP contribution in [0.3, 0.4) is 0 Å². The summed E-state index contributed by atoms with van der Waals surface area (Å²) in [6.45, 7) is 6.88. The Morgan fingerprint density at radius 3 is 2.11 bits per heavy atom. The molecule has 2 N–H and O–H groups in total. The molecule has 2 unspecified atom stereocenters. The minimum atomic E-state index is 0.458. The summed E-state index contributed by atoms with van der Waals surface area (Å²) in [5, 5.41) is 0. The van der Waals surface area contributed by atoms with Crippen LogP contribution in [0.4, 0.5) is 0 Å². The van der Waals surface area contributed by atoms with Crippen molar-refractivity contribution in [3.8, 4) is 0 Å². The molecule has 9 heavy (non-hydrogen) atoms. The standard InChI is InChI=1S/C8H17N/c1-6-7(9)4-5-8(6,2)3/h6-7H,4-5,9H2,1-3H3. The zero-order valence-electron chi connectivity index (χ0n) is 6.65. The van der Waals surface area contributed by atoms with Gasteiger partial charge in [0.2, 0.25) is 0 Å². The summed E-state index contributed by atoms with van der Waals surface area (Å²) in [5.41, 5.74) is 6.35. The maximum Gasteiger partial charge on any atom is 0.00698 e. The van der Waals surface area contributed by atoms with E-state index in [1.165, 1.54) is 12.8 Å². The van der Waals surface area contributed by atoms with Crippen LogP contribution < -0.4 is 5.73 Å². The Hall–Kier alpha value is -0.0400. The third kappa shape index (κ3) is 1.11. The molecule has 0 amide bonds. The lowest BCUT2D eigenvalue weighted by Gasteiger charge is -2.24. The molecule has 1 fully saturated rings. The van der Waals surface area contributed by atoms with Crippen molar-refractivity contribution in [2.45, 2.75) is 39.7 Å². The Morgan fingerprint density at radius 1 is 1.44 bits per heavy atom. The minimum Gasteiger partial charge on any atom is -0.327 e. The van der Waals surface area contributed by atoms with Gasteiger partial charge in [0.05, 0.1) is 0 Å². The predicted molar refractivity (Wildman–Crippen MR) is 40.2 cm³/mol. The van der Waals surface area contributed by atoms with Crippen LogP contribution in [0.2, 0.25) is 0 Å². The zero-order valence-corrected chi connectivity index (χ0v) is 6.65. The zero-order chi connectivity index (χ0) is 7.07. The van der Waals surface area contributed by atoms with Crippen LogP contribution in [-0.2, 0) is 0 Å². The summed E-state index contributed by atoms with van der Waals surface area (Å²) in [6, 6.07) is 0.458. The van der Waals surface area contributed by atoms with Crippen LogP contribution in [0.15, 0.2) is 0 Å². The van der Waals surface area contributed by atoms with Crippen molar-refractivity contribution in [3.05, 3.63) is 0 Å². The summed E-state index contributed by atoms with van der Waals surface area (Å²) in [5.74, 6) is 0.706. The monoisotopic (exact) mass is 127 g/mol. The molecule has 0 aliphatic heterocycles. The van der Waals surface area contributed by atoms with Crippen LogP contribution in [0.25, 0.3) is 0 Å². The molecule has 1 heteroatoms. The van der Waals surface area contributed by atoms with Gasteiger partial charge in [-0.05, 0) is 24.2 Å². The van der Waals surface area contributed by atoms with Crippen LogP contribution in [0.5, 0.6) is 0 Å². The van der Waals surface area contributed by atoms with Gasteiger partial charge in [-0.25, -0.2) is 0 Å². The van der Waals surface area contributed by atoms with E-state index >= 15 is 0 Å². The molecule has 1 rings (SSSR count). The van der Waals surface area contributed by atoms with E-state index in [0.717, 1.165) is 0 Å². The fourth-order valence-corrected chi connectivity index (χ4v) is 1.60. The third-order valence-corrected chi connectivity index (χ3v) is 3.00. The molecule has 1 aliphatic carbocycles. The first-order valence-corrected chi connectivity index (χ1v) is 3.79. The van der Waals surface area contributed by atoms with Gasteiger partial charge in [0.25, 0.3) is 0 Å². The summed E-state index contributed by atoms with van der Waals surface area (Å²) in [6.07, 6.45) is 2.52. The lowest BCUT2D eigenvalue weighted by Crippen LogP contribution is -2.28. The SMILES string of the molecule is CC1C(N)CCC1(C)C.